The molecule has 1 atom stereocenters. The van der Waals surface area contributed by atoms with E-state index in [-0.39, 0.29) is 43.0 Å². The Hall–Kier alpha value is -0.340. The predicted octanol–water partition coefficient (Wildman–Crippen LogP) is 1.67. The van der Waals surface area contributed by atoms with Gasteiger partial charge in [-0.05, 0) is 44.2 Å². The number of piperidine rings is 1. The van der Waals surface area contributed by atoms with Crippen molar-refractivity contribution in [1.29, 1.82) is 0 Å². The van der Waals surface area contributed by atoms with Crippen molar-refractivity contribution in [2.75, 3.05) is 52.9 Å². The summed E-state index contributed by atoms with van der Waals surface area (Å²) in [5.41, 5.74) is -5.22. The van der Waals surface area contributed by atoms with Gasteiger partial charge in [-0.15, -0.1) is 24.0 Å². The second-order valence-electron chi connectivity index (χ2n) is 7.18. The first kappa shape index (κ1) is 25.7. The minimum absolute atomic E-state index is 0. The Balaban J connectivity index is 0.00000392. The zero-order valence-corrected chi connectivity index (χ0v) is 19.5. The second kappa shape index (κ2) is 11.2. The van der Waals surface area contributed by atoms with E-state index in [2.05, 4.69) is 27.4 Å². The molecule has 7 nitrogen and oxygen atoms in total. The van der Waals surface area contributed by atoms with Crippen LogP contribution in [-0.4, -0.2) is 82.0 Å². The van der Waals surface area contributed by atoms with Gasteiger partial charge in [0.2, 0.25) is 0 Å². The van der Waals surface area contributed by atoms with Crippen molar-refractivity contribution in [3.8, 4) is 0 Å². The highest BCUT2D eigenvalue weighted by Gasteiger charge is 2.50. The number of hydrogen-bond acceptors (Lipinski definition) is 4. The summed E-state index contributed by atoms with van der Waals surface area (Å²) in [5, 5.41) is 6.51. The fourth-order valence-corrected chi connectivity index (χ4v) is 4.55. The molecule has 2 aliphatic rings. The van der Waals surface area contributed by atoms with Crippen LogP contribution >= 0.6 is 24.0 Å². The average molecular weight is 541 g/mol. The standard InChI is InChI=1S/C16H30F3N5O2S.HI/c1-3-23-7-4-14(12-23)11-22-15(20-2)21-10-13-5-8-24(9-6-13)27(25,26)16(17,18)19;/h13-14H,3-12H2,1-2H3,(H2,20,21,22);1H. The summed E-state index contributed by atoms with van der Waals surface area (Å²) >= 11 is 0. The van der Waals surface area contributed by atoms with Gasteiger partial charge in [0.25, 0.3) is 0 Å². The van der Waals surface area contributed by atoms with E-state index in [1.165, 1.54) is 0 Å². The molecule has 2 saturated heterocycles. The predicted molar refractivity (Wildman–Crippen MR) is 114 cm³/mol. The van der Waals surface area contributed by atoms with E-state index in [1.54, 1.807) is 7.05 Å². The van der Waals surface area contributed by atoms with E-state index in [1.807, 2.05) is 0 Å². The Morgan fingerprint density at radius 3 is 2.07 bits per heavy atom. The fraction of sp³-hybridized carbons (Fsp3) is 0.938. The average Bonchev–Trinajstić information content (AvgIpc) is 3.09. The molecule has 2 heterocycles. The van der Waals surface area contributed by atoms with Crippen molar-refractivity contribution in [2.45, 2.75) is 31.7 Å². The van der Waals surface area contributed by atoms with Gasteiger partial charge in [0, 0.05) is 39.8 Å². The monoisotopic (exact) mass is 541 g/mol. The van der Waals surface area contributed by atoms with Crippen molar-refractivity contribution in [1.82, 2.24) is 19.8 Å². The summed E-state index contributed by atoms with van der Waals surface area (Å²) in [5.74, 6) is 1.37. The van der Waals surface area contributed by atoms with Gasteiger partial charge in [0.05, 0.1) is 0 Å². The molecule has 2 fully saturated rings. The molecule has 12 heteroatoms. The molecule has 0 aliphatic carbocycles. The van der Waals surface area contributed by atoms with Crippen LogP contribution < -0.4 is 10.6 Å². The largest absolute Gasteiger partial charge is 0.511 e. The molecule has 0 aromatic heterocycles. The number of alkyl halides is 3. The molecule has 2 aliphatic heterocycles. The van der Waals surface area contributed by atoms with Crippen LogP contribution in [0.15, 0.2) is 4.99 Å². The van der Waals surface area contributed by atoms with Gasteiger partial charge in [-0.1, -0.05) is 6.92 Å². The Kier molecular flexibility index (Phi) is 10.2. The minimum Gasteiger partial charge on any atom is -0.356 e. The number of rotatable bonds is 6. The number of hydrogen-bond donors (Lipinski definition) is 2. The normalized spacial score (nSPS) is 23.5. The second-order valence-corrected chi connectivity index (χ2v) is 9.10. The van der Waals surface area contributed by atoms with Crippen molar-refractivity contribution in [3.05, 3.63) is 0 Å². The Labute approximate surface area is 182 Å². The van der Waals surface area contributed by atoms with Gasteiger partial charge >= 0.3 is 15.5 Å². The Morgan fingerprint density at radius 1 is 1.07 bits per heavy atom. The number of likely N-dealkylation sites (tertiary alicyclic amines) is 1. The summed E-state index contributed by atoms with van der Waals surface area (Å²) in [4.78, 5) is 6.59. The molecule has 0 bridgehead atoms. The quantitative estimate of drug-likeness (QED) is 0.304. The van der Waals surface area contributed by atoms with Crippen LogP contribution in [0.1, 0.15) is 26.2 Å². The maximum Gasteiger partial charge on any atom is 0.511 e. The van der Waals surface area contributed by atoms with Crippen LogP contribution in [0.25, 0.3) is 0 Å². The molecule has 0 aromatic carbocycles. The minimum atomic E-state index is -5.22. The van der Waals surface area contributed by atoms with Gasteiger partial charge in [0.1, 0.15) is 0 Å². The smallest absolute Gasteiger partial charge is 0.356 e. The van der Waals surface area contributed by atoms with Crippen LogP contribution in [0.4, 0.5) is 13.2 Å². The maximum atomic E-state index is 12.6. The van der Waals surface area contributed by atoms with E-state index in [9.17, 15) is 21.6 Å². The molecule has 0 radical (unpaired) electrons. The third-order valence-corrected chi connectivity index (χ3v) is 6.99. The van der Waals surface area contributed by atoms with E-state index < -0.39 is 15.5 Å². The number of nitrogens with zero attached hydrogens (tertiary/aromatic N) is 3. The van der Waals surface area contributed by atoms with Crippen molar-refractivity contribution < 1.29 is 21.6 Å². The molecule has 0 aromatic rings. The van der Waals surface area contributed by atoms with Crippen LogP contribution in [0.5, 0.6) is 0 Å². The van der Waals surface area contributed by atoms with Crippen LogP contribution in [0.2, 0.25) is 0 Å². The third kappa shape index (κ3) is 6.87. The lowest BCUT2D eigenvalue weighted by atomic mass is 9.98. The molecule has 0 spiro atoms. The van der Waals surface area contributed by atoms with Gasteiger partial charge in [-0.3, -0.25) is 4.99 Å². The van der Waals surface area contributed by atoms with Gasteiger partial charge < -0.3 is 15.5 Å². The summed E-state index contributed by atoms with van der Waals surface area (Å²) < 4.78 is 61.2. The third-order valence-electron chi connectivity index (χ3n) is 5.36. The summed E-state index contributed by atoms with van der Waals surface area (Å²) in [6.45, 7) is 6.60. The first-order valence-corrected chi connectivity index (χ1v) is 10.8. The Morgan fingerprint density at radius 2 is 1.61 bits per heavy atom. The van der Waals surface area contributed by atoms with Crippen molar-refractivity contribution in [2.24, 2.45) is 16.8 Å². The van der Waals surface area contributed by atoms with Crippen LogP contribution in [-0.2, 0) is 10.0 Å². The van der Waals surface area contributed by atoms with Crippen LogP contribution in [0, 0.1) is 11.8 Å². The van der Waals surface area contributed by atoms with E-state index in [0.717, 1.165) is 32.6 Å². The Bertz CT molecular complexity index is 610. The topological polar surface area (TPSA) is 77.0 Å². The molecule has 0 amide bonds. The van der Waals surface area contributed by atoms with Crippen molar-refractivity contribution in [3.63, 3.8) is 0 Å². The van der Waals surface area contributed by atoms with Gasteiger partial charge in [0.15, 0.2) is 5.96 Å². The zero-order chi connectivity index (χ0) is 20.1. The van der Waals surface area contributed by atoms with E-state index in [4.69, 9.17) is 0 Å². The molecule has 166 valence electrons. The molecule has 28 heavy (non-hydrogen) atoms. The summed E-state index contributed by atoms with van der Waals surface area (Å²) in [6.07, 6.45) is 1.95. The lowest BCUT2D eigenvalue weighted by Gasteiger charge is -2.31. The van der Waals surface area contributed by atoms with Crippen LogP contribution in [0.3, 0.4) is 0 Å². The summed E-state index contributed by atoms with van der Waals surface area (Å²) in [6, 6.07) is 0. The number of nitrogens with one attached hydrogen (secondary N) is 2. The number of guanidine groups is 1. The van der Waals surface area contributed by atoms with Gasteiger partial charge in [-0.2, -0.15) is 17.5 Å². The highest BCUT2D eigenvalue weighted by Crippen LogP contribution is 2.30. The first-order chi connectivity index (χ1) is 12.7. The first-order valence-electron chi connectivity index (χ1n) is 9.40. The molecular formula is C16H31F3IN5O2S. The van der Waals surface area contributed by atoms with E-state index >= 15 is 0 Å². The highest BCUT2D eigenvalue weighted by molar-refractivity contribution is 14.0. The van der Waals surface area contributed by atoms with Gasteiger partial charge in [-0.25, -0.2) is 8.42 Å². The fourth-order valence-electron chi connectivity index (χ4n) is 3.57. The van der Waals surface area contributed by atoms with E-state index in [0.29, 0.717) is 35.6 Å². The summed E-state index contributed by atoms with van der Waals surface area (Å²) in [7, 11) is -3.53. The molecule has 2 N–H and O–H groups in total. The highest BCUT2D eigenvalue weighted by atomic mass is 127. The number of halogens is 4. The SMILES string of the molecule is CCN1CCC(CNC(=NC)NCC2CCN(S(=O)(=O)C(F)(F)F)CC2)C1.I. The molecule has 2 rings (SSSR count). The number of aliphatic imine (C=N–C) groups is 1. The molecular weight excluding hydrogens is 510 g/mol. The lowest BCUT2D eigenvalue weighted by molar-refractivity contribution is -0.0496. The maximum absolute atomic E-state index is 12.6. The molecule has 1 unspecified atom stereocenters. The molecule has 0 saturated carbocycles. The number of sulfonamides is 1. The van der Waals surface area contributed by atoms with Crippen molar-refractivity contribution >= 4 is 40.0 Å². The lowest BCUT2D eigenvalue weighted by Crippen LogP contribution is -2.47. The zero-order valence-electron chi connectivity index (χ0n) is 16.3.